The van der Waals surface area contributed by atoms with Crippen LogP contribution in [0, 0.1) is 0 Å². The van der Waals surface area contributed by atoms with Crippen LogP contribution in [0.1, 0.15) is 0 Å². The third-order valence-corrected chi connectivity index (χ3v) is 3.77. The highest BCUT2D eigenvalue weighted by Gasteiger charge is 2.52. The van der Waals surface area contributed by atoms with Crippen molar-refractivity contribution in [2.24, 2.45) is 4.99 Å². The zero-order valence-corrected chi connectivity index (χ0v) is 9.15. The first-order chi connectivity index (χ1) is 7.84. The van der Waals surface area contributed by atoms with E-state index in [0.29, 0.717) is 11.8 Å². The summed E-state index contributed by atoms with van der Waals surface area (Å²) in [5.74, 6) is 0. The smallest absolute Gasteiger partial charge is 0.394 e. The minimum atomic E-state index is -4.59. The van der Waals surface area contributed by atoms with Crippen molar-refractivity contribution in [2.75, 3.05) is 6.61 Å². The first-order valence-electron chi connectivity index (χ1n) is 4.78. The van der Waals surface area contributed by atoms with Gasteiger partial charge in [-0.25, -0.2) is 0 Å². The Kier molecular flexibility index (Phi) is 3.38. The van der Waals surface area contributed by atoms with E-state index in [9.17, 15) is 23.4 Å². The van der Waals surface area contributed by atoms with Crippen molar-refractivity contribution in [3.8, 4) is 0 Å². The second-order valence-corrected chi connectivity index (χ2v) is 4.83. The summed E-state index contributed by atoms with van der Waals surface area (Å²) in [6.45, 7) is -0.580. The van der Waals surface area contributed by atoms with Gasteiger partial charge in [-0.1, -0.05) is 11.8 Å². The van der Waals surface area contributed by atoms with Gasteiger partial charge in [0.1, 0.15) is 29.8 Å². The molecule has 0 aromatic rings. The lowest BCUT2D eigenvalue weighted by molar-refractivity contribution is -0.164. The molecule has 3 N–H and O–H groups in total. The Bertz CT molecular complexity index is 337. The van der Waals surface area contributed by atoms with Gasteiger partial charge in [-0.3, -0.25) is 4.99 Å². The van der Waals surface area contributed by atoms with Gasteiger partial charge in [-0.15, -0.1) is 0 Å². The maximum absolute atomic E-state index is 12.4. The maximum Gasteiger partial charge on any atom is 0.439 e. The normalized spacial score (nSPS) is 42.2. The van der Waals surface area contributed by atoms with Crippen LogP contribution in [0.2, 0.25) is 0 Å². The van der Waals surface area contributed by atoms with Crippen LogP contribution in [-0.2, 0) is 4.74 Å². The summed E-state index contributed by atoms with van der Waals surface area (Å²) in [7, 11) is 0. The molecule has 0 aromatic carbocycles. The fraction of sp³-hybridized carbons (Fsp3) is 0.875. The van der Waals surface area contributed by atoms with Crippen LogP contribution < -0.4 is 0 Å². The minimum absolute atomic E-state index is 0.347. The molecule has 2 aliphatic rings. The molecular weight excluding hydrogens is 263 g/mol. The van der Waals surface area contributed by atoms with Crippen molar-refractivity contribution in [1.29, 1.82) is 0 Å². The summed E-state index contributed by atoms with van der Waals surface area (Å²) >= 11 is 0.347. The molecule has 98 valence electrons. The van der Waals surface area contributed by atoms with E-state index in [-0.39, 0.29) is 0 Å². The standard InChI is InChI=1S/C8H10F3NO4S/c9-8(10,11)7-12-3-5(15)4(14)2(1-13)16-6(3)17-7/h2-6,13-15H,1H2/t2-,3-,4-,5-,6-/m1/s1. The quantitative estimate of drug-likeness (QED) is 0.600. The predicted molar refractivity (Wildman–Crippen MR) is 52.6 cm³/mol. The molecule has 9 heteroatoms. The Hall–Kier alpha value is -0.350. The average Bonchev–Trinajstić information content (AvgIpc) is 2.67. The molecule has 0 unspecified atom stereocenters. The third kappa shape index (κ3) is 2.29. The van der Waals surface area contributed by atoms with Gasteiger partial charge in [0.05, 0.1) is 6.61 Å². The molecular formula is C8H10F3NO4S. The Morgan fingerprint density at radius 2 is 1.94 bits per heavy atom. The van der Waals surface area contributed by atoms with E-state index >= 15 is 0 Å². The zero-order valence-electron chi connectivity index (χ0n) is 8.33. The van der Waals surface area contributed by atoms with Gasteiger partial charge >= 0.3 is 6.18 Å². The Morgan fingerprint density at radius 3 is 2.47 bits per heavy atom. The summed E-state index contributed by atoms with van der Waals surface area (Å²) < 4.78 is 42.3. The fourth-order valence-corrected chi connectivity index (χ4v) is 2.81. The number of alkyl halides is 3. The molecule has 5 nitrogen and oxygen atoms in total. The molecule has 2 heterocycles. The largest absolute Gasteiger partial charge is 0.439 e. The molecule has 1 fully saturated rings. The SMILES string of the molecule is OC[C@H]1O[C@@H]2SC(C(F)(F)F)=N[C@@H]2[C@@H](O)[C@@H]1O. The topological polar surface area (TPSA) is 82.3 Å². The molecule has 5 atom stereocenters. The summed E-state index contributed by atoms with van der Waals surface area (Å²) in [4.78, 5) is 3.32. The molecule has 0 spiro atoms. The summed E-state index contributed by atoms with van der Waals surface area (Å²) in [6.07, 6.45) is -8.61. The van der Waals surface area contributed by atoms with E-state index in [1.165, 1.54) is 0 Å². The zero-order chi connectivity index (χ0) is 12.8. The Morgan fingerprint density at radius 1 is 1.29 bits per heavy atom. The molecule has 0 bridgehead atoms. The van der Waals surface area contributed by atoms with Crippen molar-refractivity contribution in [1.82, 2.24) is 0 Å². The lowest BCUT2D eigenvalue weighted by Gasteiger charge is -2.37. The number of aliphatic imine (C=N–C) groups is 1. The molecule has 0 aliphatic carbocycles. The van der Waals surface area contributed by atoms with Crippen molar-refractivity contribution < 1.29 is 33.2 Å². The number of fused-ring (bicyclic) bond motifs is 1. The van der Waals surface area contributed by atoms with Crippen molar-refractivity contribution >= 4 is 16.8 Å². The number of thioether (sulfide) groups is 1. The van der Waals surface area contributed by atoms with E-state index in [4.69, 9.17) is 9.84 Å². The first-order valence-corrected chi connectivity index (χ1v) is 5.66. The lowest BCUT2D eigenvalue weighted by Crippen LogP contribution is -2.55. The third-order valence-electron chi connectivity index (χ3n) is 2.59. The van der Waals surface area contributed by atoms with Crippen LogP contribution >= 0.6 is 11.8 Å². The number of aliphatic hydroxyl groups excluding tert-OH is 3. The van der Waals surface area contributed by atoms with Gasteiger partial charge < -0.3 is 20.1 Å². The molecule has 0 saturated carbocycles. The number of hydrogen-bond acceptors (Lipinski definition) is 6. The fourth-order valence-electron chi connectivity index (χ4n) is 1.72. The van der Waals surface area contributed by atoms with Gasteiger partial charge in [0.2, 0.25) is 0 Å². The van der Waals surface area contributed by atoms with Crippen molar-refractivity contribution in [2.45, 2.75) is 36.0 Å². The lowest BCUT2D eigenvalue weighted by atomic mass is 9.99. The van der Waals surface area contributed by atoms with Gasteiger partial charge in [-0.05, 0) is 0 Å². The van der Waals surface area contributed by atoms with E-state index in [0.717, 1.165) is 0 Å². The van der Waals surface area contributed by atoms with Gasteiger partial charge in [-0.2, -0.15) is 13.2 Å². The van der Waals surface area contributed by atoms with Gasteiger partial charge in [0.25, 0.3) is 0 Å². The highest BCUT2D eigenvalue weighted by atomic mass is 32.2. The number of hydrogen-bond donors (Lipinski definition) is 3. The van der Waals surface area contributed by atoms with Gasteiger partial charge in [0, 0.05) is 0 Å². The van der Waals surface area contributed by atoms with Crippen molar-refractivity contribution in [3.05, 3.63) is 0 Å². The van der Waals surface area contributed by atoms with Crippen LogP contribution in [0.5, 0.6) is 0 Å². The van der Waals surface area contributed by atoms with Crippen LogP contribution in [-0.4, -0.2) is 62.9 Å². The van der Waals surface area contributed by atoms with E-state index in [2.05, 4.69) is 4.99 Å². The van der Waals surface area contributed by atoms with Crippen molar-refractivity contribution in [3.63, 3.8) is 0 Å². The minimum Gasteiger partial charge on any atom is -0.394 e. The van der Waals surface area contributed by atoms with Crippen LogP contribution in [0.4, 0.5) is 13.2 Å². The highest BCUT2D eigenvalue weighted by molar-refractivity contribution is 8.14. The molecule has 1 saturated heterocycles. The van der Waals surface area contributed by atoms with Crippen LogP contribution in [0.25, 0.3) is 0 Å². The summed E-state index contributed by atoms with van der Waals surface area (Å²) in [5, 5.41) is 26.9. The predicted octanol–water partition coefficient (Wildman–Crippen LogP) is -0.498. The second-order valence-electron chi connectivity index (χ2n) is 3.75. The molecule has 2 rings (SSSR count). The monoisotopic (exact) mass is 273 g/mol. The maximum atomic E-state index is 12.4. The molecule has 0 radical (unpaired) electrons. The number of ether oxygens (including phenoxy) is 1. The first kappa shape index (κ1) is 13.1. The second kappa shape index (κ2) is 4.39. The number of aliphatic hydroxyl groups is 3. The Balaban J connectivity index is 2.18. The average molecular weight is 273 g/mol. The summed E-state index contributed by atoms with van der Waals surface area (Å²) in [5.41, 5.74) is -1.03. The number of nitrogens with zero attached hydrogens (tertiary/aromatic N) is 1. The van der Waals surface area contributed by atoms with Crippen LogP contribution in [0.15, 0.2) is 4.99 Å². The van der Waals surface area contributed by atoms with E-state index in [1.54, 1.807) is 0 Å². The molecule has 0 aromatic heterocycles. The van der Waals surface area contributed by atoms with Crippen LogP contribution in [0.3, 0.4) is 0 Å². The molecule has 0 amide bonds. The van der Waals surface area contributed by atoms with Gasteiger partial charge in [0.15, 0.2) is 5.04 Å². The number of halogens is 3. The number of rotatable bonds is 1. The Labute approximate surface area is 98.3 Å². The summed E-state index contributed by atoms with van der Waals surface area (Å²) in [6, 6.07) is -1.16. The van der Waals surface area contributed by atoms with E-state index < -0.39 is 47.6 Å². The highest BCUT2D eigenvalue weighted by Crippen LogP contribution is 2.41. The molecule has 2 aliphatic heterocycles. The van der Waals surface area contributed by atoms with E-state index in [1.807, 2.05) is 0 Å². The molecule has 17 heavy (non-hydrogen) atoms.